The van der Waals surface area contributed by atoms with E-state index in [-0.39, 0.29) is 0 Å². The van der Waals surface area contributed by atoms with Crippen molar-refractivity contribution in [2.75, 3.05) is 11.9 Å². The molecule has 0 amide bonds. The standard InChI is InChI=1S/C15H20N4/c1-11-7-12(10-16)8-14(18-11)19-13-3-6-17-15(9-13)4-2-5-15/h7-8,13,17H,2-6,9H2,1H3,(H,18,19). The number of hydrogen-bond acceptors (Lipinski definition) is 4. The maximum absolute atomic E-state index is 9.01. The highest BCUT2D eigenvalue weighted by Gasteiger charge is 2.40. The van der Waals surface area contributed by atoms with Crippen LogP contribution in [0.25, 0.3) is 0 Å². The maximum atomic E-state index is 9.01. The van der Waals surface area contributed by atoms with E-state index in [0.29, 0.717) is 17.1 Å². The number of rotatable bonds is 2. The maximum Gasteiger partial charge on any atom is 0.127 e. The van der Waals surface area contributed by atoms with Gasteiger partial charge in [-0.3, -0.25) is 0 Å². The fourth-order valence-electron chi connectivity index (χ4n) is 3.28. The molecule has 1 atom stereocenters. The van der Waals surface area contributed by atoms with Gasteiger partial charge in [-0.2, -0.15) is 5.26 Å². The number of pyridine rings is 1. The molecule has 4 heteroatoms. The van der Waals surface area contributed by atoms with Gasteiger partial charge in [-0.05, 0) is 57.7 Å². The smallest absolute Gasteiger partial charge is 0.127 e. The number of aryl methyl sites for hydroxylation is 1. The van der Waals surface area contributed by atoms with E-state index in [1.165, 1.54) is 25.7 Å². The van der Waals surface area contributed by atoms with Gasteiger partial charge in [0.1, 0.15) is 5.82 Å². The van der Waals surface area contributed by atoms with Crippen LogP contribution < -0.4 is 10.6 Å². The summed E-state index contributed by atoms with van der Waals surface area (Å²) in [5.41, 5.74) is 1.97. The third-order valence-electron chi connectivity index (χ3n) is 4.38. The lowest BCUT2D eigenvalue weighted by molar-refractivity contribution is 0.135. The molecule has 4 nitrogen and oxygen atoms in total. The van der Waals surface area contributed by atoms with Crippen molar-refractivity contribution in [3.05, 3.63) is 23.4 Å². The molecule has 1 spiro atoms. The number of nitriles is 1. The summed E-state index contributed by atoms with van der Waals surface area (Å²) in [5, 5.41) is 16.2. The predicted molar refractivity (Wildman–Crippen MR) is 74.9 cm³/mol. The summed E-state index contributed by atoms with van der Waals surface area (Å²) < 4.78 is 0. The summed E-state index contributed by atoms with van der Waals surface area (Å²) in [5.74, 6) is 0.845. The molecule has 0 radical (unpaired) electrons. The van der Waals surface area contributed by atoms with Crippen LogP contribution >= 0.6 is 0 Å². The second-order valence-corrected chi connectivity index (χ2v) is 5.89. The summed E-state index contributed by atoms with van der Waals surface area (Å²) in [7, 11) is 0. The second-order valence-electron chi connectivity index (χ2n) is 5.89. The van der Waals surface area contributed by atoms with Gasteiger partial charge in [-0.1, -0.05) is 0 Å². The van der Waals surface area contributed by atoms with Gasteiger partial charge in [-0.25, -0.2) is 4.98 Å². The molecule has 2 fully saturated rings. The summed E-state index contributed by atoms with van der Waals surface area (Å²) in [6.07, 6.45) is 6.25. The van der Waals surface area contributed by atoms with Gasteiger partial charge in [0.05, 0.1) is 11.6 Å². The molecule has 2 heterocycles. The van der Waals surface area contributed by atoms with Crippen LogP contribution in [0.15, 0.2) is 12.1 Å². The van der Waals surface area contributed by atoms with E-state index in [9.17, 15) is 0 Å². The normalized spacial score (nSPS) is 24.5. The zero-order valence-electron chi connectivity index (χ0n) is 11.4. The quantitative estimate of drug-likeness (QED) is 0.852. The highest BCUT2D eigenvalue weighted by molar-refractivity contribution is 5.45. The molecular formula is C15H20N4. The minimum atomic E-state index is 0.387. The fourth-order valence-corrected chi connectivity index (χ4v) is 3.28. The zero-order valence-corrected chi connectivity index (χ0v) is 11.4. The number of anilines is 1. The largest absolute Gasteiger partial charge is 0.367 e. The molecule has 1 aromatic rings. The van der Waals surface area contributed by atoms with E-state index >= 15 is 0 Å². The van der Waals surface area contributed by atoms with E-state index in [4.69, 9.17) is 5.26 Å². The topological polar surface area (TPSA) is 60.7 Å². The van der Waals surface area contributed by atoms with Crippen molar-refractivity contribution in [2.24, 2.45) is 0 Å². The van der Waals surface area contributed by atoms with Gasteiger partial charge in [0.25, 0.3) is 0 Å². The van der Waals surface area contributed by atoms with Gasteiger partial charge >= 0.3 is 0 Å². The van der Waals surface area contributed by atoms with Crippen molar-refractivity contribution in [1.29, 1.82) is 5.26 Å². The molecule has 1 unspecified atom stereocenters. The molecular weight excluding hydrogens is 236 g/mol. The summed E-state index contributed by atoms with van der Waals surface area (Å²) >= 11 is 0. The van der Waals surface area contributed by atoms with Gasteiger partial charge in [0.2, 0.25) is 0 Å². The van der Waals surface area contributed by atoms with Crippen LogP contribution in [-0.2, 0) is 0 Å². The average Bonchev–Trinajstić information content (AvgIpc) is 2.36. The van der Waals surface area contributed by atoms with Crippen molar-refractivity contribution >= 4 is 5.82 Å². The fraction of sp³-hybridized carbons (Fsp3) is 0.600. The molecule has 0 bridgehead atoms. The number of hydrogen-bond donors (Lipinski definition) is 2. The third-order valence-corrected chi connectivity index (χ3v) is 4.38. The molecule has 1 aromatic heterocycles. The molecule has 1 aliphatic heterocycles. The summed E-state index contributed by atoms with van der Waals surface area (Å²) in [4.78, 5) is 4.48. The van der Waals surface area contributed by atoms with Gasteiger partial charge in [0, 0.05) is 17.3 Å². The SMILES string of the molecule is Cc1cc(C#N)cc(NC2CCNC3(CCC3)C2)n1. The molecule has 19 heavy (non-hydrogen) atoms. The van der Waals surface area contributed by atoms with Crippen LogP contribution in [0.5, 0.6) is 0 Å². The van der Waals surface area contributed by atoms with Gasteiger partial charge in [0.15, 0.2) is 0 Å². The van der Waals surface area contributed by atoms with Crippen molar-refractivity contribution < 1.29 is 0 Å². The van der Waals surface area contributed by atoms with Crippen LogP contribution in [0.3, 0.4) is 0 Å². The Balaban J connectivity index is 1.71. The van der Waals surface area contributed by atoms with Crippen LogP contribution in [0.1, 0.15) is 43.4 Å². The first kappa shape index (κ1) is 12.4. The highest BCUT2D eigenvalue weighted by atomic mass is 15.1. The zero-order chi connectivity index (χ0) is 13.3. The summed E-state index contributed by atoms with van der Waals surface area (Å²) in [6.45, 7) is 3.01. The first-order valence-electron chi connectivity index (χ1n) is 7.09. The Morgan fingerprint density at radius 3 is 3.00 bits per heavy atom. The Morgan fingerprint density at radius 1 is 1.47 bits per heavy atom. The lowest BCUT2D eigenvalue weighted by Gasteiger charge is -2.48. The average molecular weight is 256 g/mol. The van der Waals surface area contributed by atoms with Crippen molar-refractivity contribution in [1.82, 2.24) is 10.3 Å². The van der Waals surface area contributed by atoms with Crippen LogP contribution in [-0.4, -0.2) is 23.1 Å². The first-order valence-corrected chi connectivity index (χ1v) is 7.09. The van der Waals surface area contributed by atoms with Gasteiger partial charge < -0.3 is 10.6 Å². The van der Waals surface area contributed by atoms with Crippen molar-refractivity contribution in [2.45, 2.75) is 50.6 Å². The second kappa shape index (κ2) is 4.82. The number of piperidine rings is 1. The van der Waals surface area contributed by atoms with Crippen LogP contribution in [0.4, 0.5) is 5.82 Å². The molecule has 2 N–H and O–H groups in total. The van der Waals surface area contributed by atoms with E-state index in [2.05, 4.69) is 21.7 Å². The van der Waals surface area contributed by atoms with Gasteiger partial charge in [-0.15, -0.1) is 0 Å². The van der Waals surface area contributed by atoms with Crippen molar-refractivity contribution in [3.8, 4) is 6.07 Å². The monoisotopic (exact) mass is 256 g/mol. The minimum Gasteiger partial charge on any atom is -0.367 e. The summed E-state index contributed by atoms with van der Waals surface area (Å²) in [6, 6.07) is 6.34. The molecule has 3 rings (SSSR count). The number of nitrogens with zero attached hydrogens (tertiary/aromatic N) is 2. The Morgan fingerprint density at radius 2 is 2.32 bits per heavy atom. The Bertz CT molecular complexity index is 513. The number of nitrogens with one attached hydrogen (secondary N) is 2. The van der Waals surface area contributed by atoms with E-state index in [0.717, 1.165) is 24.5 Å². The van der Waals surface area contributed by atoms with E-state index in [1.54, 1.807) is 0 Å². The third kappa shape index (κ3) is 2.57. The lowest BCUT2D eigenvalue weighted by atomic mass is 9.70. The predicted octanol–water partition coefficient (Wildman–Crippen LogP) is 2.35. The Kier molecular flexibility index (Phi) is 3.16. The molecule has 1 saturated heterocycles. The van der Waals surface area contributed by atoms with Crippen LogP contribution in [0.2, 0.25) is 0 Å². The molecule has 0 aromatic carbocycles. The molecule has 100 valence electrons. The lowest BCUT2D eigenvalue weighted by Crippen LogP contribution is -2.58. The molecule has 1 saturated carbocycles. The first-order chi connectivity index (χ1) is 9.19. The van der Waals surface area contributed by atoms with E-state index in [1.807, 2.05) is 19.1 Å². The Labute approximate surface area is 114 Å². The van der Waals surface area contributed by atoms with Crippen LogP contribution in [0, 0.1) is 18.3 Å². The molecule has 2 aliphatic rings. The highest BCUT2D eigenvalue weighted by Crippen LogP contribution is 2.38. The number of aromatic nitrogens is 1. The minimum absolute atomic E-state index is 0.387. The Hall–Kier alpha value is -1.60. The molecule has 1 aliphatic carbocycles. The van der Waals surface area contributed by atoms with E-state index < -0.39 is 0 Å². The van der Waals surface area contributed by atoms with Crippen molar-refractivity contribution in [3.63, 3.8) is 0 Å².